The molecule has 6 heteroatoms. The van der Waals surface area contributed by atoms with Crippen LogP contribution in [0.1, 0.15) is 15.4 Å². The number of pyridine rings is 1. The van der Waals surface area contributed by atoms with E-state index in [-0.39, 0.29) is 5.69 Å². The van der Waals surface area contributed by atoms with E-state index in [9.17, 15) is 4.79 Å². The fraction of sp³-hybridized carbons (Fsp3) is 0.0667. The summed E-state index contributed by atoms with van der Waals surface area (Å²) in [4.78, 5) is 16.5. The van der Waals surface area contributed by atoms with E-state index in [0.717, 1.165) is 20.1 Å². The van der Waals surface area contributed by atoms with Gasteiger partial charge in [-0.3, -0.25) is 0 Å². The number of hydrogen-bond donors (Lipinski definition) is 2. The summed E-state index contributed by atoms with van der Waals surface area (Å²) in [5, 5.41) is 16.2. The molecule has 0 unspecified atom stereocenters. The van der Waals surface area contributed by atoms with E-state index in [1.165, 1.54) is 0 Å². The second kappa shape index (κ2) is 5.83. The highest BCUT2D eigenvalue weighted by Crippen LogP contribution is 2.25. The Balaban J connectivity index is 1.97. The molecule has 21 heavy (non-hydrogen) atoms. The number of thiophene rings is 1. The van der Waals surface area contributed by atoms with Gasteiger partial charge >= 0.3 is 5.97 Å². The van der Waals surface area contributed by atoms with E-state index in [0.29, 0.717) is 12.4 Å². The summed E-state index contributed by atoms with van der Waals surface area (Å²) in [7, 11) is 0. The molecule has 0 spiro atoms. The van der Waals surface area contributed by atoms with Gasteiger partial charge in [0.15, 0.2) is 5.69 Å². The smallest absolute Gasteiger partial charge is 0.354 e. The molecular weight excluding hydrogens is 352 g/mol. The number of carboxylic acids is 1. The van der Waals surface area contributed by atoms with Gasteiger partial charge in [0.25, 0.3) is 0 Å². The van der Waals surface area contributed by atoms with Crippen molar-refractivity contribution in [2.45, 2.75) is 6.54 Å². The Kier molecular flexibility index (Phi) is 3.90. The molecule has 0 bridgehead atoms. The van der Waals surface area contributed by atoms with Crippen molar-refractivity contribution in [3.63, 3.8) is 0 Å². The summed E-state index contributed by atoms with van der Waals surface area (Å²) in [6.45, 7) is 0.607. The number of anilines is 1. The maximum absolute atomic E-state index is 11.2. The second-order valence-electron chi connectivity index (χ2n) is 4.47. The number of aromatic nitrogens is 1. The van der Waals surface area contributed by atoms with Crippen LogP contribution in [0.2, 0.25) is 0 Å². The highest BCUT2D eigenvalue weighted by molar-refractivity contribution is 9.10. The lowest BCUT2D eigenvalue weighted by Crippen LogP contribution is -2.06. The standard InChI is InChI=1S/C15H11BrN2O2S/c16-10-6-11(21-8-10)7-17-14-12-4-2-1-3-9(12)5-13(18-14)15(19)20/h1-6,8H,7H2,(H,17,18)(H,19,20). The fourth-order valence-electron chi connectivity index (χ4n) is 2.06. The third-order valence-corrected chi connectivity index (χ3v) is 4.71. The molecule has 1 aromatic carbocycles. The Morgan fingerprint density at radius 3 is 2.86 bits per heavy atom. The molecular formula is C15H11BrN2O2S. The first-order chi connectivity index (χ1) is 10.1. The van der Waals surface area contributed by atoms with Crippen molar-refractivity contribution in [2.75, 3.05) is 5.32 Å². The van der Waals surface area contributed by atoms with Gasteiger partial charge in [-0.2, -0.15) is 0 Å². The summed E-state index contributed by atoms with van der Waals surface area (Å²) in [5.74, 6) is -0.433. The van der Waals surface area contributed by atoms with E-state index in [4.69, 9.17) is 5.11 Å². The first-order valence-corrected chi connectivity index (χ1v) is 7.90. The van der Waals surface area contributed by atoms with Gasteiger partial charge in [-0.15, -0.1) is 11.3 Å². The van der Waals surface area contributed by atoms with E-state index in [2.05, 4.69) is 26.2 Å². The predicted octanol–water partition coefficient (Wildman–Crippen LogP) is 4.37. The van der Waals surface area contributed by atoms with E-state index < -0.39 is 5.97 Å². The third-order valence-electron chi connectivity index (χ3n) is 3.01. The Hall–Kier alpha value is -1.92. The number of carbonyl (C=O) groups is 1. The highest BCUT2D eigenvalue weighted by atomic mass is 79.9. The van der Waals surface area contributed by atoms with Gasteiger partial charge in [-0.05, 0) is 33.4 Å². The van der Waals surface area contributed by atoms with Crippen LogP contribution in [0.3, 0.4) is 0 Å². The first kappa shape index (κ1) is 14.0. The van der Waals surface area contributed by atoms with Crippen molar-refractivity contribution in [1.29, 1.82) is 0 Å². The number of nitrogens with zero attached hydrogens (tertiary/aromatic N) is 1. The molecule has 0 aliphatic heterocycles. The summed E-state index contributed by atoms with van der Waals surface area (Å²) in [5.41, 5.74) is 0.0450. The average molecular weight is 363 g/mol. The number of benzene rings is 1. The van der Waals surface area contributed by atoms with Crippen LogP contribution in [-0.4, -0.2) is 16.1 Å². The van der Waals surface area contributed by atoms with Gasteiger partial charge in [-0.1, -0.05) is 24.3 Å². The summed E-state index contributed by atoms with van der Waals surface area (Å²) in [6.07, 6.45) is 0. The number of halogens is 1. The fourth-order valence-corrected chi connectivity index (χ4v) is 3.45. The number of nitrogens with one attached hydrogen (secondary N) is 1. The molecule has 3 rings (SSSR count). The van der Waals surface area contributed by atoms with Crippen molar-refractivity contribution in [3.05, 3.63) is 56.8 Å². The SMILES string of the molecule is O=C(O)c1cc2ccccc2c(NCc2cc(Br)cs2)n1. The zero-order chi connectivity index (χ0) is 14.8. The Bertz CT molecular complexity index is 816. The van der Waals surface area contributed by atoms with Crippen molar-refractivity contribution in [1.82, 2.24) is 4.98 Å². The quantitative estimate of drug-likeness (QED) is 0.723. The molecule has 0 aliphatic carbocycles. The normalized spacial score (nSPS) is 10.7. The molecule has 0 saturated carbocycles. The van der Waals surface area contributed by atoms with Gasteiger partial charge in [0.05, 0.1) is 6.54 Å². The molecule has 4 nitrogen and oxygen atoms in total. The largest absolute Gasteiger partial charge is 0.477 e. The van der Waals surface area contributed by atoms with E-state index in [1.54, 1.807) is 17.4 Å². The van der Waals surface area contributed by atoms with Gasteiger partial charge in [0.2, 0.25) is 0 Å². The monoisotopic (exact) mass is 362 g/mol. The third kappa shape index (κ3) is 3.06. The molecule has 2 N–H and O–H groups in total. The summed E-state index contributed by atoms with van der Waals surface area (Å²) < 4.78 is 1.04. The zero-order valence-corrected chi connectivity index (χ0v) is 13.2. The van der Waals surface area contributed by atoms with Crippen molar-refractivity contribution in [3.8, 4) is 0 Å². The zero-order valence-electron chi connectivity index (χ0n) is 10.8. The Labute approximate surface area is 133 Å². The maximum atomic E-state index is 11.2. The number of hydrogen-bond acceptors (Lipinski definition) is 4. The van der Waals surface area contributed by atoms with Crippen LogP contribution in [0, 0.1) is 0 Å². The minimum absolute atomic E-state index is 0.0450. The van der Waals surface area contributed by atoms with Crippen LogP contribution in [0.5, 0.6) is 0 Å². The first-order valence-electron chi connectivity index (χ1n) is 6.23. The average Bonchev–Trinajstić information content (AvgIpc) is 2.90. The molecule has 0 aliphatic rings. The van der Waals surface area contributed by atoms with Gasteiger partial charge < -0.3 is 10.4 Å². The van der Waals surface area contributed by atoms with Crippen molar-refractivity contribution >= 4 is 49.8 Å². The number of fused-ring (bicyclic) bond motifs is 1. The topological polar surface area (TPSA) is 62.2 Å². The van der Waals surface area contributed by atoms with Crippen LogP contribution in [-0.2, 0) is 6.54 Å². The van der Waals surface area contributed by atoms with Crippen LogP contribution in [0.4, 0.5) is 5.82 Å². The molecule has 2 aromatic heterocycles. The Morgan fingerprint density at radius 2 is 2.14 bits per heavy atom. The molecule has 0 saturated heterocycles. The van der Waals surface area contributed by atoms with E-state index >= 15 is 0 Å². The second-order valence-corrected chi connectivity index (χ2v) is 6.38. The maximum Gasteiger partial charge on any atom is 0.354 e. The lowest BCUT2D eigenvalue weighted by molar-refractivity contribution is 0.0691. The molecule has 0 radical (unpaired) electrons. The van der Waals surface area contributed by atoms with Gasteiger partial charge in [-0.25, -0.2) is 9.78 Å². The molecule has 106 valence electrons. The molecule has 0 atom stereocenters. The summed E-state index contributed by atoms with van der Waals surface area (Å²) >= 11 is 5.05. The Morgan fingerprint density at radius 1 is 1.33 bits per heavy atom. The van der Waals surface area contributed by atoms with Crippen molar-refractivity contribution in [2.24, 2.45) is 0 Å². The lowest BCUT2D eigenvalue weighted by atomic mass is 10.1. The number of carboxylic acid groups (broad SMARTS) is 1. The molecule has 0 fully saturated rings. The minimum Gasteiger partial charge on any atom is -0.477 e. The van der Waals surface area contributed by atoms with E-state index in [1.807, 2.05) is 35.7 Å². The van der Waals surface area contributed by atoms with Gasteiger partial charge in [0.1, 0.15) is 5.82 Å². The van der Waals surface area contributed by atoms with Crippen LogP contribution >= 0.6 is 27.3 Å². The summed E-state index contributed by atoms with van der Waals surface area (Å²) in [6, 6.07) is 11.2. The molecule has 0 amide bonds. The molecule has 3 aromatic rings. The van der Waals surface area contributed by atoms with Crippen LogP contribution < -0.4 is 5.32 Å². The minimum atomic E-state index is -1.03. The number of rotatable bonds is 4. The highest BCUT2D eigenvalue weighted by Gasteiger charge is 2.10. The molecule has 2 heterocycles. The number of aromatic carboxylic acids is 1. The predicted molar refractivity (Wildman–Crippen MR) is 88.0 cm³/mol. The van der Waals surface area contributed by atoms with Crippen LogP contribution in [0.15, 0.2) is 46.3 Å². The lowest BCUT2D eigenvalue weighted by Gasteiger charge is -2.09. The van der Waals surface area contributed by atoms with Crippen LogP contribution in [0.25, 0.3) is 10.8 Å². The van der Waals surface area contributed by atoms with Gasteiger partial charge in [0, 0.05) is 20.1 Å². The van der Waals surface area contributed by atoms with Crippen molar-refractivity contribution < 1.29 is 9.90 Å².